The van der Waals surface area contributed by atoms with Crippen molar-refractivity contribution in [2.45, 2.75) is 50.2 Å². The number of carbonyl (C=O) groups excluding carboxylic acids is 1. The normalized spacial score (nSPS) is 27.7. The van der Waals surface area contributed by atoms with Crippen LogP contribution in [0.2, 0.25) is 0 Å². The van der Waals surface area contributed by atoms with E-state index in [1.165, 1.54) is 12.1 Å². The van der Waals surface area contributed by atoms with Crippen LogP contribution in [0.5, 0.6) is 5.75 Å². The van der Waals surface area contributed by atoms with E-state index in [9.17, 15) is 18.0 Å². The maximum absolute atomic E-state index is 12.1. The second-order valence-corrected chi connectivity index (χ2v) is 6.12. The Morgan fingerprint density at radius 3 is 2.22 bits per heavy atom. The lowest BCUT2D eigenvalue weighted by atomic mass is 10.0. The molecule has 7 heteroatoms. The lowest BCUT2D eigenvalue weighted by molar-refractivity contribution is -0.274. The van der Waals surface area contributed by atoms with Crippen molar-refractivity contribution < 1.29 is 27.4 Å². The molecule has 0 N–H and O–H groups in total. The van der Waals surface area contributed by atoms with Gasteiger partial charge in [-0.1, -0.05) is 0 Å². The standard InChI is InChI=1S/C16H18F3NO3/c1-20-11-4-5-12(20)9-14(8-11)22-15(21)10-2-6-13(7-3-10)23-16(17,18)19/h2-3,6-7,11-12,14H,4-5,8-9H2,1H3. The van der Waals surface area contributed by atoms with Crippen LogP contribution < -0.4 is 4.74 Å². The minimum absolute atomic E-state index is 0.123. The molecule has 2 bridgehead atoms. The summed E-state index contributed by atoms with van der Waals surface area (Å²) in [5, 5.41) is 0. The van der Waals surface area contributed by atoms with Crippen molar-refractivity contribution in [1.29, 1.82) is 0 Å². The van der Waals surface area contributed by atoms with Gasteiger partial charge in [0.2, 0.25) is 0 Å². The molecule has 0 spiro atoms. The smallest absolute Gasteiger partial charge is 0.459 e. The van der Waals surface area contributed by atoms with Crippen LogP contribution in [-0.4, -0.2) is 42.5 Å². The van der Waals surface area contributed by atoms with Crippen molar-refractivity contribution in [1.82, 2.24) is 4.90 Å². The second kappa shape index (κ2) is 6.03. The van der Waals surface area contributed by atoms with Gasteiger partial charge in [0, 0.05) is 24.9 Å². The molecule has 1 aromatic rings. The van der Waals surface area contributed by atoms with Crippen LogP contribution in [0.4, 0.5) is 13.2 Å². The SMILES string of the molecule is CN1C2CCC1CC(OC(=O)c1ccc(OC(F)(F)F)cc1)C2. The Morgan fingerprint density at radius 2 is 1.70 bits per heavy atom. The minimum atomic E-state index is -4.74. The van der Waals surface area contributed by atoms with Crippen molar-refractivity contribution in [2.24, 2.45) is 0 Å². The highest BCUT2D eigenvalue weighted by atomic mass is 19.4. The predicted octanol–water partition coefficient (Wildman–Crippen LogP) is 3.37. The quantitative estimate of drug-likeness (QED) is 0.797. The van der Waals surface area contributed by atoms with Crippen molar-refractivity contribution in [2.75, 3.05) is 7.05 Å². The van der Waals surface area contributed by atoms with E-state index in [-0.39, 0.29) is 17.4 Å². The van der Waals surface area contributed by atoms with E-state index in [2.05, 4.69) is 16.7 Å². The molecule has 1 aromatic carbocycles. The average molecular weight is 329 g/mol. The van der Waals surface area contributed by atoms with Crippen LogP contribution in [0.1, 0.15) is 36.0 Å². The van der Waals surface area contributed by atoms with Gasteiger partial charge in [0.15, 0.2) is 0 Å². The van der Waals surface area contributed by atoms with Crippen molar-refractivity contribution >= 4 is 5.97 Å². The van der Waals surface area contributed by atoms with Crippen molar-refractivity contribution in [3.05, 3.63) is 29.8 Å². The third-order valence-electron chi connectivity index (χ3n) is 4.65. The largest absolute Gasteiger partial charge is 0.573 e. The first-order valence-electron chi connectivity index (χ1n) is 7.60. The fourth-order valence-corrected chi connectivity index (χ4v) is 3.47. The molecule has 0 aromatic heterocycles. The summed E-state index contributed by atoms with van der Waals surface area (Å²) in [4.78, 5) is 14.5. The number of halogens is 3. The zero-order valence-electron chi connectivity index (χ0n) is 12.7. The number of alkyl halides is 3. The summed E-state index contributed by atoms with van der Waals surface area (Å²) in [5.74, 6) is -0.858. The summed E-state index contributed by atoms with van der Waals surface area (Å²) < 4.78 is 45.6. The third-order valence-corrected chi connectivity index (χ3v) is 4.65. The van der Waals surface area contributed by atoms with Gasteiger partial charge >= 0.3 is 12.3 Å². The van der Waals surface area contributed by atoms with E-state index < -0.39 is 12.3 Å². The molecule has 3 rings (SSSR count). The van der Waals surface area contributed by atoms with Crippen LogP contribution in [0, 0.1) is 0 Å². The first kappa shape index (κ1) is 16.1. The molecule has 0 saturated carbocycles. The van der Waals surface area contributed by atoms with Gasteiger partial charge in [0.1, 0.15) is 11.9 Å². The Bertz CT molecular complexity index is 559. The topological polar surface area (TPSA) is 38.8 Å². The molecule has 0 radical (unpaired) electrons. The fourth-order valence-electron chi connectivity index (χ4n) is 3.47. The van der Waals surface area contributed by atoms with E-state index in [0.717, 1.165) is 37.8 Å². The third kappa shape index (κ3) is 3.77. The Kier molecular flexibility index (Phi) is 4.23. The van der Waals surface area contributed by atoms with Crippen molar-refractivity contribution in [3.8, 4) is 5.75 Å². The number of esters is 1. The summed E-state index contributed by atoms with van der Waals surface area (Å²) in [6.45, 7) is 0. The van der Waals surface area contributed by atoms with Gasteiger partial charge in [0.05, 0.1) is 5.56 Å². The van der Waals surface area contributed by atoms with Crippen LogP contribution in [0.3, 0.4) is 0 Å². The highest BCUT2D eigenvalue weighted by Gasteiger charge is 2.40. The van der Waals surface area contributed by atoms with Crippen LogP contribution in [0.25, 0.3) is 0 Å². The summed E-state index contributed by atoms with van der Waals surface area (Å²) in [5.41, 5.74) is 0.228. The van der Waals surface area contributed by atoms with Gasteiger partial charge in [-0.2, -0.15) is 0 Å². The van der Waals surface area contributed by atoms with Gasteiger partial charge < -0.3 is 14.4 Å². The summed E-state index contributed by atoms with van der Waals surface area (Å²) in [6, 6.07) is 5.70. The first-order chi connectivity index (χ1) is 10.8. The molecular weight excluding hydrogens is 311 g/mol. The second-order valence-electron chi connectivity index (χ2n) is 6.12. The van der Waals surface area contributed by atoms with Crippen molar-refractivity contribution in [3.63, 3.8) is 0 Å². The molecule has 2 aliphatic heterocycles. The van der Waals surface area contributed by atoms with Crippen LogP contribution in [0.15, 0.2) is 24.3 Å². The predicted molar refractivity (Wildman–Crippen MR) is 76.1 cm³/mol. The van der Waals surface area contributed by atoms with E-state index in [4.69, 9.17) is 4.74 Å². The lowest BCUT2D eigenvalue weighted by Gasteiger charge is -2.35. The zero-order valence-corrected chi connectivity index (χ0v) is 12.7. The van der Waals surface area contributed by atoms with E-state index >= 15 is 0 Å². The van der Waals surface area contributed by atoms with Gasteiger partial charge in [-0.25, -0.2) is 4.79 Å². The molecule has 2 unspecified atom stereocenters. The molecule has 2 fully saturated rings. The van der Waals surface area contributed by atoms with Gasteiger partial charge in [-0.3, -0.25) is 0 Å². The molecule has 2 heterocycles. The van der Waals surface area contributed by atoms with Crippen LogP contribution in [-0.2, 0) is 4.74 Å². The van der Waals surface area contributed by atoms with E-state index in [0.29, 0.717) is 12.1 Å². The Balaban J connectivity index is 1.58. The molecule has 0 amide bonds. The number of carbonyl (C=O) groups is 1. The van der Waals surface area contributed by atoms with E-state index in [1.54, 1.807) is 0 Å². The van der Waals surface area contributed by atoms with Gasteiger partial charge in [-0.05, 0) is 44.2 Å². The molecular formula is C16H18F3NO3. The van der Waals surface area contributed by atoms with Gasteiger partial charge in [-0.15, -0.1) is 13.2 Å². The van der Waals surface area contributed by atoms with E-state index in [1.807, 2.05) is 0 Å². The molecule has 0 aliphatic carbocycles. The average Bonchev–Trinajstić information content (AvgIpc) is 2.69. The number of nitrogens with zero attached hydrogens (tertiary/aromatic N) is 1. The number of ether oxygens (including phenoxy) is 2. The number of hydrogen-bond donors (Lipinski definition) is 0. The molecule has 2 atom stereocenters. The molecule has 4 nitrogen and oxygen atoms in total. The highest BCUT2D eigenvalue weighted by Crippen LogP contribution is 2.35. The number of benzene rings is 1. The van der Waals surface area contributed by atoms with Crippen LogP contribution >= 0.6 is 0 Å². The Labute approximate surface area is 132 Å². The zero-order chi connectivity index (χ0) is 16.6. The number of rotatable bonds is 3. The Hall–Kier alpha value is -1.76. The number of fused-ring (bicyclic) bond motifs is 2. The summed E-state index contributed by atoms with van der Waals surface area (Å²) in [6.07, 6.45) is -0.989. The minimum Gasteiger partial charge on any atom is -0.459 e. The lowest BCUT2D eigenvalue weighted by Crippen LogP contribution is -2.43. The highest BCUT2D eigenvalue weighted by molar-refractivity contribution is 5.89. The Morgan fingerprint density at radius 1 is 1.13 bits per heavy atom. The monoisotopic (exact) mass is 329 g/mol. The van der Waals surface area contributed by atoms with Gasteiger partial charge in [0.25, 0.3) is 0 Å². The molecule has 2 saturated heterocycles. The molecule has 126 valence electrons. The number of piperidine rings is 1. The maximum atomic E-state index is 12.1. The summed E-state index contributed by atoms with van der Waals surface area (Å²) >= 11 is 0. The fraction of sp³-hybridized carbons (Fsp3) is 0.562. The maximum Gasteiger partial charge on any atom is 0.573 e. The molecule has 2 aliphatic rings. The summed E-state index contributed by atoms with van der Waals surface area (Å²) in [7, 11) is 2.10. The number of hydrogen-bond acceptors (Lipinski definition) is 4. The first-order valence-corrected chi connectivity index (χ1v) is 7.60. The molecule has 23 heavy (non-hydrogen) atoms.